The Hall–Kier alpha value is -2.29. The molecule has 140 valence electrons. The number of hydrogen-bond acceptors (Lipinski definition) is 2. The van der Waals surface area contributed by atoms with Crippen molar-refractivity contribution in [1.29, 1.82) is 0 Å². The minimum atomic E-state index is -0.0827. The fraction of sp³-hybridized carbons (Fsp3) is 0.458. The summed E-state index contributed by atoms with van der Waals surface area (Å²) in [5, 5.41) is 3.07. The van der Waals surface area contributed by atoms with Crippen molar-refractivity contribution < 1.29 is 4.79 Å². The van der Waals surface area contributed by atoms with E-state index in [0.717, 1.165) is 29.0 Å². The Kier molecular flexibility index (Phi) is 3.82. The Balaban J connectivity index is 1.38. The van der Waals surface area contributed by atoms with Crippen molar-refractivity contribution in [2.24, 2.45) is 17.8 Å². The minimum absolute atomic E-state index is 0.0827. The molecule has 4 aliphatic rings. The summed E-state index contributed by atoms with van der Waals surface area (Å²) < 4.78 is 0. The third kappa shape index (κ3) is 2.93. The Bertz CT molecular complexity index is 848. The molecule has 0 aliphatic heterocycles. The largest absolute Gasteiger partial charge is 0.399 e. The molecule has 0 spiro atoms. The number of aryl methyl sites for hydroxylation is 1. The first kappa shape index (κ1) is 16.9. The second kappa shape index (κ2) is 6.12. The van der Waals surface area contributed by atoms with Crippen LogP contribution in [0.15, 0.2) is 42.5 Å². The lowest BCUT2D eigenvalue weighted by atomic mass is 9.48. The summed E-state index contributed by atoms with van der Waals surface area (Å²) >= 11 is 0. The van der Waals surface area contributed by atoms with Gasteiger partial charge in [-0.05, 0) is 110 Å². The van der Waals surface area contributed by atoms with Gasteiger partial charge in [0.15, 0.2) is 0 Å². The predicted molar refractivity (Wildman–Crippen MR) is 110 cm³/mol. The third-order valence-electron chi connectivity index (χ3n) is 7.30. The SMILES string of the molecule is Cc1cc(C23CC4CC(CC(C4)C2)C3)ccc1NC(=O)c1ccc(N)cc1. The standard InChI is InChI=1S/C24H28N2O/c1-15-8-20(24-12-16-9-17(13-24)11-18(10-16)14-24)4-7-22(15)26-23(27)19-2-5-21(25)6-3-19/h2-8,16-18H,9-14,25H2,1H3,(H,26,27). The molecule has 0 atom stereocenters. The summed E-state index contributed by atoms with van der Waals surface area (Å²) in [6.07, 6.45) is 8.51. The monoisotopic (exact) mass is 360 g/mol. The Morgan fingerprint density at radius 3 is 2.11 bits per heavy atom. The van der Waals surface area contributed by atoms with Crippen molar-refractivity contribution >= 4 is 17.3 Å². The van der Waals surface area contributed by atoms with E-state index in [1.54, 1.807) is 24.3 Å². The van der Waals surface area contributed by atoms with E-state index in [1.165, 1.54) is 44.1 Å². The summed E-state index contributed by atoms with van der Waals surface area (Å²) in [7, 11) is 0. The van der Waals surface area contributed by atoms with Crippen LogP contribution in [-0.2, 0) is 5.41 Å². The summed E-state index contributed by atoms with van der Waals surface area (Å²) in [5.74, 6) is 2.75. The fourth-order valence-electron chi connectivity index (χ4n) is 6.43. The number of hydrogen-bond donors (Lipinski definition) is 2. The van der Waals surface area contributed by atoms with E-state index < -0.39 is 0 Å². The summed E-state index contributed by atoms with van der Waals surface area (Å²) in [4.78, 5) is 12.5. The highest BCUT2D eigenvalue weighted by molar-refractivity contribution is 6.04. The molecule has 4 saturated carbocycles. The van der Waals surface area contributed by atoms with Gasteiger partial charge in [0.2, 0.25) is 0 Å². The maximum atomic E-state index is 12.5. The number of carbonyl (C=O) groups is 1. The molecule has 0 radical (unpaired) electrons. The molecule has 4 fully saturated rings. The van der Waals surface area contributed by atoms with Crippen LogP contribution >= 0.6 is 0 Å². The van der Waals surface area contributed by atoms with Crippen LogP contribution in [0, 0.1) is 24.7 Å². The van der Waals surface area contributed by atoms with Gasteiger partial charge in [-0.25, -0.2) is 0 Å². The smallest absolute Gasteiger partial charge is 0.255 e. The molecule has 4 aliphatic carbocycles. The van der Waals surface area contributed by atoms with E-state index in [1.807, 2.05) is 0 Å². The van der Waals surface area contributed by atoms with Gasteiger partial charge >= 0.3 is 0 Å². The van der Waals surface area contributed by atoms with Crippen LogP contribution in [0.2, 0.25) is 0 Å². The highest BCUT2D eigenvalue weighted by Gasteiger charge is 2.51. The second-order valence-electron chi connectivity index (χ2n) is 9.30. The van der Waals surface area contributed by atoms with Crippen molar-refractivity contribution in [3.05, 3.63) is 59.2 Å². The maximum absolute atomic E-state index is 12.5. The van der Waals surface area contributed by atoms with Crippen molar-refractivity contribution in [1.82, 2.24) is 0 Å². The summed E-state index contributed by atoms with van der Waals surface area (Å²) in [6.45, 7) is 2.11. The molecular formula is C24H28N2O. The zero-order valence-electron chi connectivity index (χ0n) is 16.0. The van der Waals surface area contributed by atoms with Crippen LogP contribution in [0.25, 0.3) is 0 Å². The molecule has 3 nitrogen and oxygen atoms in total. The molecule has 6 rings (SSSR count). The lowest BCUT2D eigenvalue weighted by Crippen LogP contribution is -2.48. The van der Waals surface area contributed by atoms with Crippen molar-refractivity contribution in [2.75, 3.05) is 11.1 Å². The Labute approximate surface area is 161 Å². The number of carbonyl (C=O) groups excluding carboxylic acids is 1. The van der Waals surface area contributed by atoms with Gasteiger partial charge in [-0.2, -0.15) is 0 Å². The quantitative estimate of drug-likeness (QED) is 0.730. The predicted octanol–water partition coefficient (Wildman–Crippen LogP) is 5.30. The first-order chi connectivity index (χ1) is 13.0. The van der Waals surface area contributed by atoms with Gasteiger partial charge in [0, 0.05) is 16.9 Å². The molecule has 0 aromatic heterocycles. The average molecular weight is 361 g/mol. The topological polar surface area (TPSA) is 55.1 Å². The molecule has 3 N–H and O–H groups in total. The van der Waals surface area contributed by atoms with Crippen LogP contribution in [0.1, 0.15) is 60.0 Å². The van der Waals surface area contributed by atoms with E-state index in [4.69, 9.17) is 5.73 Å². The van der Waals surface area contributed by atoms with Gasteiger partial charge in [-0.1, -0.05) is 12.1 Å². The number of benzene rings is 2. The zero-order chi connectivity index (χ0) is 18.6. The van der Waals surface area contributed by atoms with Crippen molar-refractivity contribution in [2.45, 2.75) is 50.9 Å². The number of amides is 1. The average Bonchev–Trinajstić information content (AvgIpc) is 2.62. The normalized spacial score (nSPS) is 31.1. The number of anilines is 2. The lowest BCUT2D eigenvalue weighted by molar-refractivity contribution is -0.00520. The van der Waals surface area contributed by atoms with E-state index in [0.29, 0.717) is 16.7 Å². The molecule has 2 aromatic rings. The molecule has 4 bridgehead atoms. The van der Waals surface area contributed by atoms with Gasteiger partial charge in [0.1, 0.15) is 0 Å². The molecule has 27 heavy (non-hydrogen) atoms. The van der Waals surface area contributed by atoms with Crippen LogP contribution in [0.3, 0.4) is 0 Å². The van der Waals surface area contributed by atoms with E-state index in [9.17, 15) is 4.79 Å². The zero-order valence-corrected chi connectivity index (χ0v) is 16.0. The van der Waals surface area contributed by atoms with Crippen LogP contribution < -0.4 is 11.1 Å². The van der Waals surface area contributed by atoms with Crippen LogP contribution in [-0.4, -0.2) is 5.91 Å². The Morgan fingerprint density at radius 1 is 0.963 bits per heavy atom. The molecule has 2 aromatic carbocycles. The van der Waals surface area contributed by atoms with E-state index >= 15 is 0 Å². The molecule has 0 heterocycles. The third-order valence-corrected chi connectivity index (χ3v) is 7.30. The highest BCUT2D eigenvalue weighted by atomic mass is 16.1. The maximum Gasteiger partial charge on any atom is 0.255 e. The molecule has 3 heteroatoms. The molecule has 0 saturated heterocycles. The Morgan fingerprint density at radius 2 is 1.56 bits per heavy atom. The molecule has 1 amide bonds. The highest BCUT2D eigenvalue weighted by Crippen LogP contribution is 2.60. The van der Waals surface area contributed by atoms with Crippen LogP contribution in [0.4, 0.5) is 11.4 Å². The van der Waals surface area contributed by atoms with Gasteiger partial charge in [0.25, 0.3) is 5.91 Å². The van der Waals surface area contributed by atoms with Gasteiger partial charge in [0.05, 0.1) is 0 Å². The first-order valence-electron chi connectivity index (χ1n) is 10.3. The van der Waals surface area contributed by atoms with E-state index in [-0.39, 0.29) is 5.91 Å². The van der Waals surface area contributed by atoms with Gasteiger partial charge in [-0.15, -0.1) is 0 Å². The summed E-state index contributed by atoms with van der Waals surface area (Å²) in [6, 6.07) is 13.8. The van der Waals surface area contributed by atoms with E-state index in [2.05, 4.69) is 30.4 Å². The fourth-order valence-corrected chi connectivity index (χ4v) is 6.43. The van der Waals surface area contributed by atoms with Gasteiger partial charge < -0.3 is 11.1 Å². The first-order valence-corrected chi connectivity index (χ1v) is 10.3. The minimum Gasteiger partial charge on any atom is -0.399 e. The molecular weight excluding hydrogens is 332 g/mol. The number of nitrogen functional groups attached to an aromatic ring is 1. The lowest BCUT2D eigenvalue weighted by Gasteiger charge is -2.57. The van der Waals surface area contributed by atoms with Gasteiger partial charge in [-0.3, -0.25) is 4.79 Å². The second-order valence-corrected chi connectivity index (χ2v) is 9.30. The number of nitrogens with two attached hydrogens (primary N) is 1. The van der Waals surface area contributed by atoms with Crippen molar-refractivity contribution in [3.63, 3.8) is 0 Å². The van der Waals surface area contributed by atoms with Crippen molar-refractivity contribution in [3.8, 4) is 0 Å². The molecule has 0 unspecified atom stereocenters. The number of rotatable bonds is 3. The van der Waals surface area contributed by atoms with Crippen LogP contribution in [0.5, 0.6) is 0 Å². The number of nitrogens with one attached hydrogen (secondary N) is 1. The summed E-state index contributed by atoms with van der Waals surface area (Å²) in [5.41, 5.74) is 11.0.